The van der Waals surface area contributed by atoms with E-state index in [0.29, 0.717) is 17.0 Å². The van der Waals surface area contributed by atoms with E-state index in [-0.39, 0.29) is 5.75 Å². The number of carbonyl (C=O) groups is 1. The van der Waals surface area contributed by atoms with Crippen LogP contribution in [0.25, 0.3) is 11.4 Å². The Morgan fingerprint density at radius 1 is 1.12 bits per heavy atom. The predicted octanol–water partition coefficient (Wildman–Crippen LogP) is 0.968. The highest BCUT2D eigenvalue weighted by molar-refractivity contribution is 5.93. The number of rotatable bonds is 2. The Morgan fingerprint density at radius 3 is 2.24 bits per heavy atom. The van der Waals surface area contributed by atoms with Crippen molar-refractivity contribution in [3.8, 4) is 17.1 Å². The third-order valence-electron chi connectivity index (χ3n) is 2.15. The minimum atomic E-state index is -0.580. The molecule has 0 aliphatic rings. The third-order valence-corrected chi connectivity index (χ3v) is 2.15. The largest absolute Gasteiger partial charge is 0.505 e. The molecule has 0 saturated heterocycles. The molecule has 0 spiro atoms. The van der Waals surface area contributed by atoms with Crippen molar-refractivity contribution in [2.45, 2.75) is 0 Å². The molecule has 1 aromatic carbocycles. The molecule has 0 radical (unpaired) electrons. The van der Waals surface area contributed by atoms with Crippen LogP contribution < -0.4 is 5.48 Å². The maximum Gasteiger partial charge on any atom is 0.274 e. The molecular weight excluding hydrogens is 222 g/mol. The number of nitrogens with one attached hydrogen (secondary N) is 1. The Balaban J connectivity index is 2.29. The molecule has 2 rings (SSSR count). The van der Waals surface area contributed by atoms with Gasteiger partial charge in [0.1, 0.15) is 0 Å². The van der Waals surface area contributed by atoms with Crippen molar-refractivity contribution in [3.05, 3.63) is 42.2 Å². The lowest BCUT2D eigenvalue weighted by Crippen LogP contribution is -2.18. The third kappa shape index (κ3) is 2.37. The van der Waals surface area contributed by atoms with Gasteiger partial charge in [-0.15, -0.1) is 0 Å². The van der Waals surface area contributed by atoms with E-state index in [9.17, 15) is 4.79 Å². The van der Waals surface area contributed by atoms with Crippen LogP contribution in [-0.2, 0) is 0 Å². The van der Waals surface area contributed by atoms with Gasteiger partial charge in [-0.25, -0.2) is 15.4 Å². The van der Waals surface area contributed by atoms with Gasteiger partial charge in [0.05, 0.1) is 12.4 Å². The molecule has 17 heavy (non-hydrogen) atoms. The Hall–Kier alpha value is -2.47. The van der Waals surface area contributed by atoms with Crippen molar-refractivity contribution in [2.24, 2.45) is 0 Å². The topological polar surface area (TPSA) is 95.3 Å². The zero-order chi connectivity index (χ0) is 12.3. The SMILES string of the molecule is O=C(NO)c1ccc(-c2ncc(O)cn2)cc1. The fourth-order valence-electron chi connectivity index (χ4n) is 1.31. The summed E-state index contributed by atoms with van der Waals surface area (Å²) in [6.45, 7) is 0. The smallest absolute Gasteiger partial charge is 0.274 e. The molecule has 6 nitrogen and oxygen atoms in total. The average Bonchev–Trinajstić information content (AvgIpc) is 2.39. The standard InChI is InChI=1S/C11H9N3O3/c15-9-5-12-10(13-6-9)7-1-3-8(4-2-7)11(16)14-17/h1-6,15,17H,(H,14,16). The summed E-state index contributed by atoms with van der Waals surface area (Å²) in [5.74, 6) is -0.146. The number of hydrogen-bond acceptors (Lipinski definition) is 5. The number of amides is 1. The van der Waals surface area contributed by atoms with Crippen molar-refractivity contribution < 1.29 is 15.1 Å². The summed E-state index contributed by atoms with van der Waals surface area (Å²) in [6, 6.07) is 6.38. The van der Waals surface area contributed by atoms with Crippen LogP contribution in [-0.4, -0.2) is 26.2 Å². The normalized spacial score (nSPS) is 9.94. The zero-order valence-corrected chi connectivity index (χ0v) is 8.66. The van der Waals surface area contributed by atoms with E-state index in [1.807, 2.05) is 0 Å². The van der Waals surface area contributed by atoms with Crippen molar-refractivity contribution >= 4 is 5.91 Å². The summed E-state index contributed by atoms with van der Waals surface area (Å²) < 4.78 is 0. The van der Waals surface area contributed by atoms with E-state index in [1.54, 1.807) is 17.6 Å². The second kappa shape index (κ2) is 4.58. The molecule has 0 saturated carbocycles. The molecular formula is C11H9N3O3. The molecule has 0 fully saturated rings. The quantitative estimate of drug-likeness (QED) is 0.528. The number of hydroxylamine groups is 1. The first kappa shape index (κ1) is 11.0. The van der Waals surface area contributed by atoms with Crippen LogP contribution in [0.1, 0.15) is 10.4 Å². The van der Waals surface area contributed by atoms with E-state index in [0.717, 1.165) is 0 Å². The fourth-order valence-corrected chi connectivity index (χ4v) is 1.31. The highest BCUT2D eigenvalue weighted by Gasteiger charge is 2.05. The number of hydrogen-bond donors (Lipinski definition) is 3. The van der Waals surface area contributed by atoms with Crippen molar-refractivity contribution in [1.82, 2.24) is 15.4 Å². The van der Waals surface area contributed by atoms with Crippen molar-refractivity contribution in [1.29, 1.82) is 0 Å². The summed E-state index contributed by atoms with van der Waals surface area (Å²) in [4.78, 5) is 18.9. The molecule has 1 aromatic heterocycles. The van der Waals surface area contributed by atoms with Crippen molar-refractivity contribution in [3.63, 3.8) is 0 Å². The lowest BCUT2D eigenvalue weighted by Gasteiger charge is -2.01. The summed E-state index contributed by atoms with van der Waals surface area (Å²) in [5.41, 5.74) is 2.58. The molecule has 2 aromatic rings. The van der Waals surface area contributed by atoms with Crippen LogP contribution in [0.15, 0.2) is 36.7 Å². The molecule has 0 unspecified atom stereocenters. The lowest BCUT2D eigenvalue weighted by atomic mass is 10.1. The van der Waals surface area contributed by atoms with Crippen LogP contribution >= 0.6 is 0 Å². The monoisotopic (exact) mass is 231 g/mol. The molecule has 0 bridgehead atoms. The highest BCUT2D eigenvalue weighted by atomic mass is 16.5. The van der Waals surface area contributed by atoms with Gasteiger partial charge >= 0.3 is 0 Å². The first-order valence-electron chi connectivity index (χ1n) is 4.76. The molecule has 6 heteroatoms. The Bertz CT molecular complexity index is 523. The number of benzene rings is 1. The van der Waals surface area contributed by atoms with Gasteiger partial charge in [-0.1, -0.05) is 12.1 Å². The second-order valence-electron chi connectivity index (χ2n) is 3.28. The molecule has 86 valence electrons. The van der Waals surface area contributed by atoms with E-state index < -0.39 is 5.91 Å². The van der Waals surface area contributed by atoms with Crippen LogP contribution in [0.3, 0.4) is 0 Å². The molecule has 0 aliphatic heterocycles. The van der Waals surface area contributed by atoms with Crippen LogP contribution in [0.5, 0.6) is 5.75 Å². The van der Waals surface area contributed by atoms with Crippen LogP contribution in [0.4, 0.5) is 0 Å². The number of nitrogens with zero attached hydrogens (tertiary/aromatic N) is 2. The first-order chi connectivity index (χ1) is 8.20. The van der Waals surface area contributed by atoms with Gasteiger partial charge in [0.2, 0.25) is 0 Å². The number of carbonyl (C=O) groups excluding carboxylic acids is 1. The Labute approximate surface area is 96.5 Å². The van der Waals surface area contributed by atoms with E-state index in [2.05, 4.69) is 9.97 Å². The van der Waals surface area contributed by atoms with Gasteiger partial charge in [0.15, 0.2) is 11.6 Å². The van der Waals surface area contributed by atoms with Gasteiger partial charge in [0, 0.05) is 11.1 Å². The fraction of sp³-hybridized carbons (Fsp3) is 0. The number of aromatic nitrogens is 2. The molecule has 0 aliphatic carbocycles. The van der Waals surface area contributed by atoms with E-state index in [4.69, 9.17) is 10.3 Å². The average molecular weight is 231 g/mol. The van der Waals surface area contributed by atoms with Gasteiger partial charge in [0.25, 0.3) is 5.91 Å². The van der Waals surface area contributed by atoms with Gasteiger partial charge < -0.3 is 5.11 Å². The maximum atomic E-state index is 11.1. The summed E-state index contributed by atoms with van der Waals surface area (Å²) in [6.07, 6.45) is 2.58. The maximum absolute atomic E-state index is 11.1. The highest BCUT2D eigenvalue weighted by Crippen LogP contribution is 2.16. The Morgan fingerprint density at radius 2 is 1.71 bits per heavy atom. The minimum Gasteiger partial charge on any atom is -0.505 e. The summed E-state index contributed by atoms with van der Waals surface area (Å²) in [7, 11) is 0. The molecule has 3 N–H and O–H groups in total. The predicted molar refractivity (Wildman–Crippen MR) is 58.4 cm³/mol. The van der Waals surface area contributed by atoms with Crippen LogP contribution in [0, 0.1) is 0 Å². The van der Waals surface area contributed by atoms with Gasteiger partial charge in [-0.05, 0) is 12.1 Å². The van der Waals surface area contributed by atoms with E-state index in [1.165, 1.54) is 24.5 Å². The first-order valence-corrected chi connectivity index (χ1v) is 4.76. The summed E-state index contributed by atoms with van der Waals surface area (Å²) in [5, 5.41) is 17.5. The molecule has 1 heterocycles. The molecule has 1 amide bonds. The summed E-state index contributed by atoms with van der Waals surface area (Å²) >= 11 is 0. The minimum absolute atomic E-state index is 0.00923. The zero-order valence-electron chi connectivity index (χ0n) is 8.66. The lowest BCUT2D eigenvalue weighted by molar-refractivity contribution is 0.0706. The Kier molecular flexibility index (Phi) is 2.97. The van der Waals surface area contributed by atoms with Gasteiger partial charge in [-0.2, -0.15) is 0 Å². The van der Waals surface area contributed by atoms with E-state index >= 15 is 0 Å². The van der Waals surface area contributed by atoms with Gasteiger partial charge in [-0.3, -0.25) is 10.0 Å². The molecule has 0 atom stereocenters. The van der Waals surface area contributed by atoms with Crippen LogP contribution in [0.2, 0.25) is 0 Å². The van der Waals surface area contributed by atoms with Crippen molar-refractivity contribution in [2.75, 3.05) is 0 Å². The second-order valence-corrected chi connectivity index (χ2v) is 3.28. The number of aromatic hydroxyl groups is 1.